The molecule has 0 aliphatic heterocycles. The van der Waals surface area contributed by atoms with Crippen LogP contribution < -0.4 is 10.1 Å². The first kappa shape index (κ1) is 13.9. The Bertz CT molecular complexity index is 447. The van der Waals surface area contributed by atoms with E-state index in [-0.39, 0.29) is 29.5 Å². The van der Waals surface area contributed by atoms with Crippen molar-refractivity contribution in [3.63, 3.8) is 0 Å². The number of rotatable bonds is 6. The largest absolute Gasteiger partial charge is 0.490 e. The van der Waals surface area contributed by atoms with E-state index in [4.69, 9.17) is 9.84 Å². The molecule has 0 radical (unpaired) electrons. The number of hydrogen-bond acceptors (Lipinski definition) is 5. The van der Waals surface area contributed by atoms with Gasteiger partial charge in [0.2, 0.25) is 0 Å². The van der Waals surface area contributed by atoms with Gasteiger partial charge >= 0.3 is 5.69 Å². The molecule has 18 heavy (non-hydrogen) atoms. The Kier molecular flexibility index (Phi) is 5.06. The van der Waals surface area contributed by atoms with Crippen LogP contribution in [-0.4, -0.2) is 36.2 Å². The molecule has 0 aliphatic rings. The van der Waals surface area contributed by atoms with Crippen molar-refractivity contribution in [3.05, 3.63) is 33.9 Å². The first-order chi connectivity index (χ1) is 8.60. The lowest BCUT2D eigenvalue weighted by Gasteiger charge is -2.06. The molecule has 1 rings (SSSR count). The minimum Gasteiger partial charge on any atom is -0.490 e. The van der Waals surface area contributed by atoms with E-state index >= 15 is 0 Å². The highest BCUT2D eigenvalue weighted by Gasteiger charge is 2.17. The lowest BCUT2D eigenvalue weighted by molar-refractivity contribution is -0.385. The first-order valence-electron chi connectivity index (χ1n) is 5.31. The van der Waals surface area contributed by atoms with Gasteiger partial charge in [0.1, 0.15) is 0 Å². The fourth-order valence-electron chi connectivity index (χ4n) is 1.35. The van der Waals surface area contributed by atoms with Gasteiger partial charge in [0.25, 0.3) is 5.91 Å². The first-order valence-corrected chi connectivity index (χ1v) is 5.31. The average molecular weight is 254 g/mol. The molecular formula is C11H14N2O5. The highest BCUT2D eigenvalue weighted by atomic mass is 16.6. The van der Waals surface area contributed by atoms with Gasteiger partial charge < -0.3 is 15.2 Å². The van der Waals surface area contributed by atoms with Gasteiger partial charge in [-0.15, -0.1) is 0 Å². The maximum atomic E-state index is 11.7. The van der Waals surface area contributed by atoms with Crippen molar-refractivity contribution in [1.29, 1.82) is 0 Å². The summed E-state index contributed by atoms with van der Waals surface area (Å²) in [5.41, 5.74) is 0.0831. The summed E-state index contributed by atoms with van der Waals surface area (Å²) < 4.78 is 4.86. The summed E-state index contributed by atoms with van der Waals surface area (Å²) in [6.45, 7) is 0.332. The van der Waals surface area contributed by atoms with Crippen LogP contribution in [0.1, 0.15) is 16.8 Å². The number of carbonyl (C=O) groups excluding carboxylic acids is 1. The predicted molar refractivity (Wildman–Crippen MR) is 63.7 cm³/mol. The second-order valence-corrected chi connectivity index (χ2v) is 3.48. The lowest BCUT2D eigenvalue weighted by Crippen LogP contribution is -2.25. The van der Waals surface area contributed by atoms with Crippen molar-refractivity contribution in [3.8, 4) is 5.75 Å². The van der Waals surface area contributed by atoms with Crippen LogP contribution in [0.15, 0.2) is 18.2 Å². The summed E-state index contributed by atoms with van der Waals surface area (Å²) in [6, 6.07) is 3.89. The Morgan fingerprint density at radius 3 is 2.83 bits per heavy atom. The molecule has 0 bridgehead atoms. The number of amides is 1. The quantitative estimate of drug-likeness (QED) is 0.442. The van der Waals surface area contributed by atoms with Crippen LogP contribution in [0, 0.1) is 10.1 Å². The summed E-state index contributed by atoms with van der Waals surface area (Å²) in [5, 5.41) is 21.8. The second-order valence-electron chi connectivity index (χ2n) is 3.48. The normalized spacial score (nSPS) is 9.89. The number of nitro benzene ring substituents is 1. The van der Waals surface area contributed by atoms with Crippen molar-refractivity contribution in [2.24, 2.45) is 0 Å². The van der Waals surface area contributed by atoms with Gasteiger partial charge in [0.05, 0.1) is 12.0 Å². The molecule has 0 atom stereocenters. The smallest absolute Gasteiger partial charge is 0.310 e. The maximum absolute atomic E-state index is 11.7. The zero-order valence-electron chi connectivity index (χ0n) is 9.88. The minimum absolute atomic E-state index is 0.0101. The standard InChI is InChI=1S/C11H14N2O5/c1-18-10-7-8(3-4-9(10)13(16)17)11(15)12-5-2-6-14/h3-4,7,14H,2,5-6H2,1H3,(H,12,15). The third kappa shape index (κ3) is 3.42. The number of hydrogen-bond donors (Lipinski definition) is 2. The second kappa shape index (κ2) is 6.55. The van der Waals surface area contributed by atoms with Crippen LogP contribution in [0.25, 0.3) is 0 Å². The van der Waals surface area contributed by atoms with E-state index in [1.54, 1.807) is 0 Å². The highest BCUT2D eigenvalue weighted by molar-refractivity contribution is 5.95. The Balaban J connectivity index is 2.85. The molecule has 7 heteroatoms. The Hall–Kier alpha value is -2.15. The number of nitro groups is 1. The molecule has 2 N–H and O–H groups in total. The summed E-state index contributed by atoms with van der Waals surface area (Å²) >= 11 is 0. The van der Waals surface area contributed by atoms with Crippen LogP contribution in [0.4, 0.5) is 5.69 Å². The van der Waals surface area contributed by atoms with Gasteiger partial charge in [-0.05, 0) is 12.5 Å². The van der Waals surface area contributed by atoms with Crippen LogP contribution in [-0.2, 0) is 0 Å². The Morgan fingerprint density at radius 1 is 1.56 bits per heavy atom. The third-order valence-corrected chi connectivity index (χ3v) is 2.26. The zero-order valence-corrected chi connectivity index (χ0v) is 9.88. The molecule has 0 fully saturated rings. The van der Waals surface area contributed by atoms with Gasteiger partial charge in [0, 0.05) is 30.8 Å². The average Bonchev–Trinajstić information content (AvgIpc) is 2.37. The van der Waals surface area contributed by atoms with Crippen molar-refractivity contribution < 1.29 is 19.6 Å². The van der Waals surface area contributed by atoms with Crippen LogP contribution >= 0.6 is 0 Å². The highest BCUT2D eigenvalue weighted by Crippen LogP contribution is 2.27. The number of ether oxygens (including phenoxy) is 1. The molecule has 0 saturated carbocycles. The van der Waals surface area contributed by atoms with Crippen molar-refractivity contribution in [1.82, 2.24) is 5.32 Å². The van der Waals surface area contributed by atoms with Crippen LogP contribution in [0.3, 0.4) is 0 Å². The zero-order chi connectivity index (χ0) is 13.5. The summed E-state index contributed by atoms with van der Waals surface area (Å²) in [7, 11) is 1.30. The van der Waals surface area contributed by atoms with Crippen molar-refractivity contribution in [2.45, 2.75) is 6.42 Å². The van der Waals surface area contributed by atoms with Gasteiger partial charge in [-0.2, -0.15) is 0 Å². The van der Waals surface area contributed by atoms with E-state index in [0.717, 1.165) is 0 Å². The van der Waals surface area contributed by atoms with E-state index in [1.165, 1.54) is 25.3 Å². The van der Waals surface area contributed by atoms with Crippen LogP contribution in [0.2, 0.25) is 0 Å². The monoisotopic (exact) mass is 254 g/mol. The molecule has 0 aliphatic carbocycles. The number of methoxy groups -OCH3 is 1. The molecule has 0 aromatic heterocycles. The molecule has 0 spiro atoms. The molecule has 0 heterocycles. The molecule has 98 valence electrons. The fraction of sp³-hybridized carbons (Fsp3) is 0.364. The summed E-state index contributed by atoms with van der Waals surface area (Å²) in [6.07, 6.45) is 0.454. The molecule has 1 amide bonds. The molecule has 0 unspecified atom stereocenters. The van der Waals surface area contributed by atoms with Gasteiger partial charge in [0.15, 0.2) is 5.75 Å². The molecule has 0 saturated heterocycles. The summed E-state index contributed by atoms with van der Waals surface area (Å²) in [4.78, 5) is 21.7. The SMILES string of the molecule is COc1cc(C(=O)NCCCO)ccc1[N+](=O)[O-]. The van der Waals surface area contributed by atoms with Crippen molar-refractivity contribution in [2.75, 3.05) is 20.3 Å². The number of aliphatic hydroxyl groups is 1. The summed E-state index contributed by atoms with van der Waals surface area (Å²) in [5.74, 6) is -0.327. The number of benzene rings is 1. The number of nitrogens with zero attached hydrogens (tertiary/aromatic N) is 1. The van der Waals surface area contributed by atoms with E-state index in [0.29, 0.717) is 13.0 Å². The van der Waals surface area contributed by atoms with Crippen molar-refractivity contribution >= 4 is 11.6 Å². The Morgan fingerprint density at radius 2 is 2.28 bits per heavy atom. The third-order valence-electron chi connectivity index (χ3n) is 2.26. The lowest BCUT2D eigenvalue weighted by atomic mass is 10.1. The van der Waals surface area contributed by atoms with Gasteiger partial charge in [-0.25, -0.2) is 0 Å². The Labute approximate surface area is 104 Å². The molecule has 1 aromatic rings. The van der Waals surface area contributed by atoms with Gasteiger partial charge in [-0.1, -0.05) is 0 Å². The number of aliphatic hydroxyl groups excluding tert-OH is 1. The number of nitrogens with one attached hydrogen (secondary N) is 1. The van der Waals surface area contributed by atoms with E-state index < -0.39 is 4.92 Å². The topological polar surface area (TPSA) is 102 Å². The van der Waals surface area contributed by atoms with Gasteiger partial charge in [-0.3, -0.25) is 14.9 Å². The fourth-order valence-corrected chi connectivity index (χ4v) is 1.35. The van der Waals surface area contributed by atoms with Crippen LogP contribution in [0.5, 0.6) is 5.75 Å². The maximum Gasteiger partial charge on any atom is 0.310 e. The molecular weight excluding hydrogens is 240 g/mol. The molecule has 1 aromatic carbocycles. The van der Waals surface area contributed by atoms with E-state index in [9.17, 15) is 14.9 Å². The number of carbonyl (C=O) groups is 1. The van der Waals surface area contributed by atoms with E-state index in [2.05, 4.69) is 5.32 Å². The molecule has 7 nitrogen and oxygen atoms in total. The predicted octanol–water partition coefficient (Wildman–Crippen LogP) is 0.716. The van der Waals surface area contributed by atoms with E-state index in [1.807, 2.05) is 0 Å². The minimum atomic E-state index is -0.577.